The topological polar surface area (TPSA) is 66.9 Å². The molecule has 0 unspecified atom stereocenters. The summed E-state index contributed by atoms with van der Waals surface area (Å²) < 4.78 is 0. The van der Waals surface area contributed by atoms with Crippen molar-refractivity contribution >= 4 is 46.4 Å². The lowest BCUT2D eigenvalue weighted by molar-refractivity contribution is 0.102. The molecule has 5 nitrogen and oxygen atoms in total. The number of hydrogen-bond acceptors (Lipinski definition) is 4. The van der Waals surface area contributed by atoms with E-state index in [1.165, 1.54) is 17.8 Å². The molecule has 132 valence electrons. The van der Waals surface area contributed by atoms with Crippen molar-refractivity contribution in [3.05, 3.63) is 75.5 Å². The van der Waals surface area contributed by atoms with Crippen LogP contribution in [-0.2, 0) is 0 Å². The summed E-state index contributed by atoms with van der Waals surface area (Å²) in [5, 5.41) is 6.70. The standard InChI is InChI=1S/C19H16Cl2N4O/c1-11-3-5-15(12(2)9-11)24-19-22-8-7-17(25-19)18(26)23-16-6-4-13(20)10-14(16)21/h3-10H,1-2H3,(H,23,26)(H,22,24,25). The molecule has 0 aliphatic heterocycles. The van der Waals surface area contributed by atoms with Crippen LogP contribution >= 0.6 is 23.2 Å². The van der Waals surface area contributed by atoms with E-state index in [1.807, 2.05) is 26.0 Å². The van der Waals surface area contributed by atoms with Crippen molar-refractivity contribution in [2.45, 2.75) is 13.8 Å². The Morgan fingerprint density at radius 3 is 2.50 bits per heavy atom. The average molecular weight is 387 g/mol. The molecule has 0 aliphatic rings. The first kappa shape index (κ1) is 18.2. The van der Waals surface area contributed by atoms with Crippen LogP contribution in [0.4, 0.5) is 17.3 Å². The second kappa shape index (κ2) is 7.72. The summed E-state index contributed by atoms with van der Waals surface area (Å²) in [7, 11) is 0. The summed E-state index contributed by atoms with van der Waals surface area (Å²) >= 11 is 12.0. The minimum absolute atomic E-state index is 0.221. The molecule has 0 saturated heterocycles. The Morgan fingerprint density at radius 2 is 1.77 bits per heavy atom. The fourth-order valence-electron chi connectivity index (χ4n) is 2.40. The molecule has 1 heterocycles. The molecule has 26 heavy (non-hydrogen) atoms. The van der Waals surface area contributed by atoms with E-state index in [-0.39, 0.29) is 11.6 Å². The zero-order valence-corrected chi connectivity index (χ0v) is 15.7. The van der Waals surface area contributed by atoms with Crippen LogP contribution in [0, 0.1) is 13.8 Å². The van der Waals surface area contributed by atoms with Gasteiger partial charge in [0, 0.05) is 16.9 Å². The number of hydrogen-bond donors (Lipinski definition) is 2. The summed E-state index contributed by atoms with van der Waals surface area (Å²) in [6.45, 7) is 4.02. The fraction of sp³-hybridized carbons (Fsp3) is 0.105. The zero-order valence-electron chi connectivity index (χ0n) is 14.2. The lowest BCUT2D eigenvalue weighted by atomic mass is 10.1. The van der Waals surface area contributed by atoms with Gasteiger partial charge in [-0.25, -0.2) is 9.97 Å². The third-order valence-corrected chi connectivity index (χ3v) is 4.24. The van der Waals surface area contributed by atoms with E-state index >= 15 is 0 Å². The Bertz CT molecular complexity index is 976. The molecule has 0 aliphatic carbocycles. The van der Waals surface area contributed by atoms with Crippen molar-refractivity contribution in [2.75, 3.05) is 10.6 Å². The molecule has 0 radical (unpaired) electrons. The Balaban J connectivity index is 1.79. The maximum atomic E-state index is 12.4. The first-order chi connectivity index (χ1) is 12.4. The summed E-state index contributed by atoms with van der Waals surface area (Å²) in [6, 6.07) is 12.4. The summed E-state index contributed by atoms with van der Waals surface area (Å²) in [5.74, 6) is -0.0490. The van der Waals surface area contributed by atoms with Gasteiger partial charge in [-0.05, 0) is 49.7 Å². The SMILES string of the molecule is Cc1ccc(Nc2nccc(C(=O)Nc3ccc(Cl)cc3Cl)n2)c(C)c1. The number of nitrogens with one attached hydrogen (secondary N) is 2. The number of carbonyl (C=O) groups excluding carboxylic acids is 1. The third kappa shape index (κ3) is 4.31. The Hall–Kier alpha value is -2.63. The first-order valence-corrected chi connectivity index (χ1v) is 8.62. The van der Waals surface area contributed by atoms with E-state index in [9.17, 15) is 4.79 Å². The molecule has 2 N–H and O–H groups in total. The highest BCUT2D eigenvalue weighted by atomic mass is 35.5. The highest BCUT2D eigenvalue weighted by Crippen LogP contribution is 2.26. The Kier molecular flexibility index (Phi) is 5.40. The summed E-state index contributed by atoms with van der Waals surface area (Å²) in [6.07, 6.45) is 1.53. The van der Waals surface area contributed by atoms with Gasteiger partial charge >= 0.3 is 0 Å². The van der Waals surface area contributed by atoms with Gasteiger partial charge in [0.25, 0.3) is 5.91 Å². The second-order valence-electron chi connectivity index (χ2n) is 5.79. The van der Waals surface area contributed by atoms with Crippen molar-refractivity contribution in [3.63, 3.8) is 0 Å². The van der Waals surface area contributed by atoms with Crippen LogP contribution < -0.4 is 10.6 Å². The van der Waals surface area contributed by atoms with Crippen LogP contribution in [0.25, 0.3) is 0 Å². The van der Waals surface area contributed by atoms with Crippen LogP contribution in [0.5, 0.6) is 0 Å². The molecular formula is C19H16Cl2N4O. The van der Waals surface area contributed by atoms with Gasteiger partial charge in [-0.15, -0.1) is 0 Å². The van der Waals surface area contributed by atoms with E-state index in [0.29, 0.717) is 21.7 Å². The number of aromatic nitrogens is 2. The maximum absolute atomic E-state index is 12.4. The highest BCUT2D eigenvalue weighted by molar-refractivity contribution is 6.36. The average Bonchev–Trinajstić information content (AvgIpc) is 2.60. The Morgan fingerprint density at radius 1 is 1.00 bits per heavy atom. The summed E-state index contributed by atoms with van der Waals surface area (Å²) in [4.78, 5) is 20.9. The van der Waals surface area contributed by atoms with E-state index in [1.54, 1.807) is 18.2 Å². The predicted octanol–water partition coefficient (Wildman–Crippen LogP) is 5.40. The van der Waals surface area contributed by atoms with Gasteiger partial charge < -0.3 is 10.6 Å². The number of aryl methyl sites for hydroxylation is 2. The molecule has 3 rings (SSSR count). The number of benzene rings is 2. The third-order valence-electron chi connectivity index (χ3n) is 3.70. The van der Waals surface area contributed by atoms with Crippen LogP contribution in [0.15, 0.2) is 48.7 Å². The first-order valence-electron chi connectivity index (χ1n) is 7.86. The van der Waals surface area contributed by atoms with Crippen LogP contribution in [-0.4, -0.2) is 15.9 Å². The van der Waals surface area contributed by atoms with Crippen molar-refractivity contribution in [2.24, 2.45) is 0 Å². The quantitative estimate of drug-likeness (QED) is 0.629. The van der Waals surface area contributed by atoms with Gasteiger partial charge in [-0.3, -0.25) is 4.79 Å². The minimum atomic E-state index is -0.389. The zero-order chi connectivity index (χ0) is 18.7. The van der Waals surface area contributed by atoms with E-state index in [4.69, 9.17) is 23.2 Å². The number of anilines is 3. The molecule has 1 aromatic heterocycles. The monoisotopic (exact) mass is 386 g/mol. The molecule has 7 heteroatoms. The smallest absolute Gasteiger partial charge is 0.274 e. The van der Waals surface area contributed by atoms with Crippen molar-refractivity contribution < 1.29 is 4.79 Å². The van der Waals surface area contributed by atoms with Gasteiger partial charge in [-0.1, -0.05) is 40.9 Å². The molecule has 0 atom stereocenters. The fourth-order valence-corrected chi connectivity index (χ4v) is 2.85. The van der Waals surface area contributed by atoms with Crippen LogP contribution in [0.1, 0.15) is 21.6 Å². The minimum Gasteiger partial charge on any atom is -0.324 e. The van der Waals surface area contributed by atoms with Gasteiger partial charge in [0.1, 0.15) is 5.69 Å². The van der Waals surface area contributed by atoms with Crippen molar-refractivity contribution in [1.29, 1.82) is 0 Å². The number of nitrogens with zero attached hydrogens (tertiary/aromatic N) is 2. The lowest BCUT2D eigenvalue weighted by Crippen LogP contribution is -2.15. The largest absolute Gasteiger partial charge is 0.324 e. The van der Waals surface area contributed by atoms with Crippen molar-refractivity contribution in [1.82, 2.24) is 9.97 Å². The molecule has 0 fully saturated rings. The van der Waals surface area contributed by atoms with E-state index in [0.717, 1.165) is 11.3 Å². The van der Waals surface area contributed by atoms with E-state index < -0.39 is 0 Å². The lowest BCUT2D eigenvalue weighted by Gasteiger charge is -2.10. The molecule has 0 spiro atoms. The molecule has 0 bridgehead atoms. The molecule has 0 saturated carbocycles. The van der Waals surface area contributed by atoms with Gasteiger partial charge in [-0.2, -0.15) is 0 Å². The van der Waals surface area contributed by atoms with Crippen LogP contribution in [0.2, 0.25) is 10.0 Å². The number of rotatable bonds is 4. The molecule has 2 aromatic carbocycles. The predicted molar refractivity (Wildman–Crippen MR) is 106 cm³/mol. The number of amides is 1. The molecular weight excluding hydrogens is 371 g/mol. The molecule has 3 aromatic rings. The van der Waals surface area contributed by atoms with Gasteiger partial charge in [0.15, 0.2) is 0 Å². The van der Waals surface area contributed by atoms with Gasteiger partial charge in [0.2, 0.25) is 5.95 Å². The number of carbonyl (C=O) groups is 1. The Labute approximate surface area is 161 Å². The maximum Gasteiger partial charge on any atom is 0.274 e. The van der Waals surface area contributed by atoms with Crippen molar-refractivity contribution in [3.8, 4) is 0 Å². The van der Waals surface area contributed by atoms with E-state index in [2.05, 4.69) is 26.7 Å². The summed E-state index contributed by atoms with van der Waals surface area (Å²) in [5.41, 5.74) is 3.80. The second-order valence-corrected chi connectivity index (χ2v) is 6.63. The van der Waals surface area contributed by atoms with Gasteiger partial charge in [0.05, 0.1) is 10.7 Å². The highest BCUT2D eigenvalue weighted by Gasteiger charge is 2.12. The number of halogens is 2. The molecule has 1 amide bonds. The normalized spacial score (nSPS) is 10.5. The van der Waals surface area contributed by atoms with Crippen LogP contribution in [0.3, 0.4) is 0 Å².